The van der Waals surface area contributed by atoms with Gasteiger partial charge in [-0.3, -0.25) is 9.59 Å². The molecule has 0 aromatic heterocycles. The third kappa shape index (κ3) is 94.7. The molecule has 0 aromatic rings. The van der Waals surface area contributed by atoms with E-state index in [1.807, 2.05) is 0 Å². The van der Waals surface area contributed by atoms with Crippen molar-refractivity contribution in [2.75, 3.05) is 51.1 Å². The van der Waals surface area contributed by atoms with Gasteiger partial charge in [-0.25, -0.2) is 0 Å². The van der Waals surface area contributed by atoms with E-state index in [4.69, 9.17) is 77.3 Å². The predicted molar refractivity (Wildman–Crippen MR) is 519 cm³/mol. The minimum atomic E-state index is -0.664. The lowest BCUT2D eigenvalue weighted by molar-refractivity contribution is -0.144. The molecule has 0 saturated carbocycles. The lowest BCUT2D eigenvalue weighted by atomic mass is 9.92. The normalized spacial score (nSPS) is 11.4. The Labute approximate surface area is 737 Å². The SMILES string of the molecule is CCCCCCCCCCCCCCC(=S)OCC(COC(=S)CCCCCCCCCCCCCC)(COC(=S)CCCCCCCCCCCCCC)COC(=S)CCCCCCCCCCCCCC.CCCCCCCCCCCCCCCCCCOC(=O)CCSCCC(=O)OCCCCCCCCCCCC. The van der Waals surface area contributed by atoms with Crippen molar-refractivity contribution >= 4 is 92.8 Å². The number of carbonyl (C=O) groups excluding carboxylic acids is 2. The summed E-state index contributed by atoms with van der Waals surface area (Å²) < 4.78 is 36.7. The fourth-order valence-electron chi connectivity index (χ4n) is 15.1. The summed E-state index contributed by atoms with van der Waals surface area (Å²) in [6, 6.07) is 0. The molecule has 0 unspecified atom stereocenters. The number of ether oxygens (including phenoxy) is 6. The van der Waals surface area contributed by atoms with E-state index >= 15 is 0 Å². The van der Waals surface area contributed by atoms with E-state index in [0.29, 0.717) is 84.2 Å². The summed E-state index contributed by atoms with van der Waals surface area (Å²) >= 11 is 25.2. The van der Waals surface area contributed by atoms with E-state index in [9.17, 15) is 9.59 Å². The number of thioether (sulfide) groups is 1. The first-order valence-corrected chi connectivity index (χ1v) is 53.3. The number of esters is 2. The van der Waals surface area contributed by atoms with Crippen LogP contribution in [0, 0.1) is 5.41 Å². The first-order chi connectivity index (χ1) is 56.0. The lowest BCUT2D eigenvalue weighted by Crippen LogP contribution is -2.43. The highest BCUT2D eigenvalue weighted by molar-refractivity contribution is 7.99. The molecule has 0 atom stereocenters. The van der Waals surface area contributed by atoms with Crippen LogP contribution in [-0.2, 0) is 38.0 Å². The average molecular weight is 1700 g/mol. The van der Waals surface area contributed by atoms with Gasteiger partial charge in [0.25, 0.3) is 0 Å². The van der Waals surface area contributed by atoms with E-state index in [2.05, 4.69) is 41.5 Å². The molecule has 0 aliphatic rings. The molecule has 0 spiro atoms. The number of thiocarbonyl (C=S) groups is 4. The highest BCUT2D eigenvalue weighted by Gasteiger charge is 2.37. The fraction of sp³-hybridized carbons (Fsp3) is 0.941. The van der Waals surface area contributed by atoms with Crippen LogP contribution in [0.4, 0.5) is 0 Å². The van der Waals surface area contributed by atoms with Crippen molar-refractivity contribution in [2.24, 2.45) is 5.41 Å². The molecule has 0 rings (SSSR count). The Morgan fingerprint density at radius 2 is 0.333 bits per heavy atom. The molecule has 0 amide bonds. The minimum absolute atomic E-state index is 0.109. The van der Waals surface area contributed by atoms with E-state index < -0.39 is 5.41 Å². The molecule has 676 valence electrons. The topological polar surface area (TPSA) is 89.5 Å². The molecule has 0 bridgehead atoms. The molecule has 0 saturated heterocycles. The summed E-state index contributed by atoms with van der Waals surface area (Å²) in [4.78, 5) is 23.8. The Morgan fingerprint density at radius 1 is 0.193 bits per heavy atom. The molecule has 13 heteroatoms. The van der Waals surface area contributed by atoms with Gasteiger partial charge in [0.15, 0.2) is 20.2 Å². The monoisotopic (exact) mass is 1700 g/mol. The first kappa shape index (κ1) is 115. The van der Waals surface area contributed by atoms with Crippen molar-refractivity contribution in [1.82, 2.24) is 0 Å². The van der Waals surface area contributed by atoms with Gasteiger partial charge in [-0.1, -0.05) is 478 Å². The van der Waals surface area contributed by atoms with Gasteiger partial charge in [-0.05, 0) is 87.4 Å². The number of carbonyl (C=O) groups is 2. The lowest BCUT2D eigenvalue weighted by Gasteiger charge is -2.33. The maximum absolute atomic E-state index is 11.9. The molecule has 8 nitrogen and oxygen atoms in total. The van der Waals surface area contributed by atoms with Crippen LogP contribution < -0.4 is 0 Å². The molecule has 0 aliphatic heterocycles. The average Bonchev–Trinajstić information content (AvgIpc) is 0.852. The van der Waals surface area contributed by atoms with Crippen LogP contribution in [0.15, 0.2) is 0 Å². The molecule has 0 aromatic carbocycles. The Bertz CT molecular complexity index is 1810. The maximum Gasteiger partial charge on any atom is 0.306 e. The second-order valence-corrected chi connectivity index (χ2v) is 37.8. The van der Waals surface area contributed by atoms with Gasteiger partial charge >= 0.3 is 11.9 Å². The van der Waals surface area contributed by atoms with Gasteiger partial charge in [-0.15, -0.1) is 0 Å². The Morgan fingerprint density at radius 3 is 0.491 bits per heavy atom. The van der Waals surface area contributed by atoms with Crippen LogP contribution in [0.2, 0.25) is 0 Å². The van der Waals surface area contributed by atoms with Crippen LogP contribution in [0.1, 0.15) is 555 Å². The molecule has 0 aliphatic carbocycles. The smallest absolute Gasteiger partial charge is 0.306 e. The highest BCUT2D eigenvalue weighted by Crippen LogP contribution is 2.27. The molecular weight excluding hydrogens is 1500 g/mol. The van der Waals surface area contributed by atoms with Crippen molar-refractivity contribution in [2.45, 2.75) is 555 Å². The van der Waals surface area contributed by atoms with Crippen molar-refractivity contribution in [3.05, 3.63) is 0 Å². The summed E-state index contributed by atoms with van der Waals surface area (Å²) in [5.41, 5.74) is -0.664. The standard InChI is InChI=1S/C65H124O4S4.C36H70O4S/c1-5-9-13-17-21-25-29-33-37-41-45-49-53-61(70)66-57-65(58-67-62(71)54-50-46-42-38-34-30-26-22-18-14-10-6-2,59-68-63(72)55-51-47-43-39-35-31-27-23-19-15-11-7-3)60-69-64(73)56-52-48-44-40-36-32-28-24-20-16-12-8-4;1-3-5-7-9-11-13-15-16-17-18-19-20-22-24-26-28-32-40-36(38)30-34-41-33-29-35(37)39-31-27-25-23-21-14-12-10-8-6-4-2/h5-60H2,1-4H3;3-34H2,1-2H3. The van der Waals surface area contributed by atoms with Gasteiger partial charge in [0.2, 0.25) is 0 Å². The molecule has 0 N–H and O–H groups in total. The van der Waals surface area contributed by atoms with Crippen LogP contribution in [0.5, 0.6) is 0 Å². The fourth-order valence-corrected chi connectivity index (χ4v) is 16.7. The number of hydrogen-bond acceptors (Lipinski definition) is 13. The van der Waals surface area contributed by atoms with Crippen LogP contribution >= 0.6 is 60.6 Å². The second-order valence-electron chi connectivity index (χ2n) is 34.7. The van der Waals surface area contributed by atoms with Crippen molar-refractivity contribution in [1.29, 1.82) is 0 Å². The summed E-state index contributed by atoms with van der Waals surface area (Å²) in [6.45, 7) is 16.1. The van der Waals surface area contributed by atoms with Crippen molar-refractivity contribution < 1.29 is 38.0 Å². The summed E-state index contributed by atoms with van der Waals surface area (Å²) in [6.07, 6.45) is 102. The zero-order valence-corrected chi connectivity index (χ0v) is 81.1. The molecule has 0 radical (unpaired) electrons. The van der Waals surface area contributed by atoms with Gasteiger partial charge in [0.1, 0.15) is 31.8 Å². The van der Waals surface area contributed by atoms with Crippen molar-refractivity contribution in [3.63, 3.8) is 0 Å². The Balaban J connectivity index is 0. The molecular formula is C101H194O8S5. The van der Waals surface area contributed by atoms with E-state index in [1.165, 1.54) is 424 Å². The maximum atomic E-state index is 11.9. The highest BCUT2D eigenvalue weighted by atomic mass is 32.2. The molecule has 0 fully saturated rings. The van der Waals surface area contributed by atoms with Gasteiger partial charge in [-0.2, -0.15) is 11.8 Å². The van der Waals surface area contributed by atoms with Crippen LogP contribution in [0.25, 0.3) is 0 Å². The Hall–Kier alpha value is -1.15. The van der Waals surface area contributed by atoms with Crippen LogP contribution in [0.3, 0.4) is 0 Å². The third-order valence-electron chi connectivity index (χ3n) is 23.0. The summed E-state index contributed by atoms with van der Waals surface area (Å²) in [5.74, 6) is 1.20. The predicted octanol–water partition coefficient (Wildman–Crippen LogP) is 35.5. The van der Waals surface area contributed by atoms with Gasteiger partial charge in [0.05, 0.1) is 26.1 Å². The molecule has 114 heavy (non-hydrogen) atoms. The molecule has 0 heterocycles. The zero-order valence-electron chi connectivity index (χ0n) is 77.0. The van der Waals surface area contributed by atoms with Gasteiger partial charge < -0.3 is 28.4 Å². The number of unbranched alkanes of at least 4 members (excludes halogenated alkanes) is 68. The van der Waals surface area contributed by atoms with E-state index in [1.54, 1.807) is 11.8 Å². The third-order valence-corrected chi connectivity index (χ3v) is 25.3. The van der Waals surface area contributed by atoms with Crippen LogP contribution in [-0.4, -0.2) is 83.3 Å². The van der Waals surface area contributed by atoms with E-state index in [-0.39, 0.29) is 11.9 Å². The second kappa shape index (κ2) is 99.0. The first-order valence-electron chi connectivity index (χ1n) is 50.5. The zero-order chi connectivity index (χ0) is 83.1. The number of rotatable bonds is 94. The Kier molecular flexibility index (Phi) is 99.7. The quantitative estimate of drug-likeness (QED) is 0.0329. The summed E-state index contributed by atoms with van der Waals surface area (Å²) in [7, 11) is 0. The van der Waals surface area contributed by atoms with Crippen molar-refractivity contribution in [3.8, 4) is 0 Å². The van der Waals surface area contributed by atoms with Gasteiger partial charge in [0, 0.05) is 37.2 Å². The summed E-state index contributed by atoms with van der Waals surface area (Å²) in [5, 5.41) is 2.64. The minimum Gasteiger partial charge on any atom is -0.486 e. The van der Waals surface area contributed by atoms with E-state index in [0.717, 1.165) is 77.0 Å². The number of hydrogen-bond donors (Lipinski definition) is 0. The largest absolute Gasteiger partial charge is 0.486 e.